The number of carbonyl (C=O) groups is 3. The average molecular weight is 557 g/mol. The summed E-state index contributed by atoms with van der Waals surface area (Å²) in [6.07, 6.45) is -1.26. The van der Waals surface area contributed by atoms with E-state index < -0.39 is 36.1 Å². The molecule has 0 saturated carbocycles. The molecule has 3 rings (SSSR count). The Morgan fingerprint density at radius 2 is 1.52 bits per heavy atom. The lowest BCUT2D eigenvalue weighted by Gasteiger charge is -2.10. The number of amides is 3. The smallest absolute Gasteiger partial charge is 0.416 e. The fourth-order valence-electron chi connectivity index (χ4n) is 3.14. The van der Waals surface area contributed by atoms with E-state index >= 15 is 0 Å². The molecule has 0 unspecified atom stereocenters. The topological polar surface area (TPSA) is 118 Å². The van der Waals surface area contributed by atoms with Crippen LogP contribution in [0.3, 0.4) is 0 Å². The molecule has 0 radical (unpaired) electrons. The van der Waals surface area contributed by atoms with E-state index in [1.807, 2.05) is 0 Å². The minimum atomic E-state index is -4.52. The summed E-state index contributed by atoms with van der Waals surface area (Å²) >= 11 is 0. The molecule has 0 fully saturated rings. The molecule has 3 amide bonds. The van der Waals surface area contributed by atoms with Gasteiger partial charge in [-0.1, -0.05) is 19.4 Å². The molecule has 0 bridgehead atoms. The monoisotopic (exact) mass is 556 g/mol. The molecule has 0 aliphatic heterocycles. The quantitative estimate of drug-likeness (QED) is 0.133. The van der Waals surface area contributed by atoms with Crippen molar-refractivity contribution in [3.05, 3.63) is 83.9 Å². The largest absolute Gasteiger partial charge is 0.494 e. The fraction of sp³-hybridized carbons (Fsp3) is 0.214. The van der Waals surface area contributed by atoms with Crippen LogP contribution in [-0.2, 0) is 20.6 Å². The third kappa shape index (κ3) is 9.78. The molecule has 210 valence electrons. The van der Waals surface area contributed by atoms with E-state index in [1.165, 1.54) is 30.5 Å². The first-order chi connectivity index (χ1) is 19.1. The molecule has 0 spiro atoms. The third-order valence-electron chi connectivity index (χ3n) is 5.19. The highest BCUT2D eigenvalue weighted by molar-refractivity contribution is 6.39. The van der Waals surface area contributed by atoms with Crippen LogP contribution >= 0.6 is 0 Å². The minimum Gasteiger partial charge on any atom is -0.494 e. The first kappa shape index (κ1) is 29.7. The Labute approximate surface area is 228 Å². The van der Waals surface area contributed by atoms with E-state index in [2.05, 4.69) is 28.1 Å². The minimum absolute atomic E-state index is 0.00368. The number of anilines is 2. The van der Waals surface area contributed by atoms with Gasteiger partial charge in [-0.25, -0.2) is 5.43 Å². The number of nitrogens with one attached hydrogen (secondary N) is 3. The Kier molecular flexibility index (Phi) is 10.6. The molecular weight excluding hydrogens is 529 g/mol. The van der Waals surface area contributed by atoms with Gasteiger partial charge in [-0.3, -0.25) is 14.4 Å². The van der Waals surface area contributed by atoms with Crippen LogP contribution in [0.1, 0.15) is 30.9 Å². The van der Waals surface area contributed by atoms with Gasteiger partial charge >= 0.3 is 18.0 Å². The van der Waals surface area contributed by atoms with Crippen LogP contribution in [0.5, 0.6) is 11.5 Å². The molecule has 3 aromatic rings. The van der Waals surface area contributed by atoms with Crippen molar-refractivity contribution in [3.63, 3.8) is 0 Å². The van der Waals surface area contributed by atoms with Crippen LogP contribution in [0.25, 0.3) is 0 Å². The van der Waals surface area contributed by atoms with Crippen molar-refractivity contribution in [1.82, 2.24) is 5.43 Å². The van der Waals surface area contributed by atoms with Gasteiger partial charge in [-0.15, -0.1) is 0 Å². The number of unbranched alkanes of at least 4 members (excludes halogenated alkanes) is 1. The number of carbonyl (C=O) groups excluding carboxylic acids is 3. The molecule has 0 aliphatic carbocycles. The predicted octanol–water partition coefficient (Wildman–Crippen LogP) is 4.99. The van der Waals surface area contributed by atoms with Gasteiger partial charge in [0.05, 0.1) is 18.4 Å². The van der Waals surface area contributed by atoms with Crippen molar-refractivity contribution in [1.29, 1.82) is 0 Å². The van der Waals surface area contributed by atoms with Crippen molar-refractivity contribution in [2.75, 3.05) is 23.8 Å². The van der Waals surface area contributed by atoms with Crippen LogP contribution in [-0.4, -0.2) is 37.1 Å². The summed E-state index contributed by atoms with van der Waals surface area (Å²) in [5.74, 6) is -1.52. The first-order valence-electron chi connectivity index (χ1n) is 12.2. The van der Waals surface area contributed by atoms with E-state index in [-0.39, 0.29) is 5.69 Å². The lowest BCUT2D eigenvalue weighted by molar-refractivity contribution is -0.137. The number of nitrogens with zero attached hydrogens (tertiary/aromatic N) is 1. The van der Waals surface area contributed by atoms with Crippen LogP contribution < -0.4 is 25.5 Å². The highest BCUT2D eigenvalue weighted by Crippen LogP contribution is 2.30. The second kappa shape index (κ2) is 14.3. The number of halogens is 3. The van der Waals surface area contributed by atoms with Crippen molar-refractivity contribution < 1.29 is 37.0 Å². The molecule has 0 heterocycles. The zero-order valence-electron chi connectivity index (χ0n) is 21.5. The van der Waals surface area contributed by atoms with Crippen LogP contribution in [0, 0.1) is 0 Å². The van der Waals surface area contributed by atoms with Gasteiger partial charge in [-0.05, 0) is 78.7 Å². The van der Waals surface area contributed by atoms with Gasteiger partial charge in [0.1, 0.15) is 11.5 Å². The second-order valence-electron chi connectivity index (χ2n) is 8.36. The lowest BCUT2D eigenvalue weighted by Crippen LogP contribution is -2.32. The summed E-state index contributed by atoms with van der Waals surface area (Å²) in [6.45, 7) is 2.23. The maximum absolute atomic E-state index is 12.8. The average Bonchev–Trinajstić information content (AvgIpc) is 2.93. The van der Waals surface area contributed by atoms with E-state index in [0.29, 0.717) is 29.4 Å². The van der Waals surface area contributed by atoms with Gasteiger partial charge in [0.25, 0.3) is 5.91 Å². The molecule has 0 saturated heterocycles. The summed E-state index contributed by atoms with van der Waals surface area (Å²) in [7, 11) is 0. The Hall–Kier alpha value is -4.87. The standard InChI is InChI=1S/C28H27F3N4O5/c1-2-3-15-39-23-13-9-21(10-14-23)34-26(37)27(38)35-32-17-19-7-11-24(12-8-19)40-18-25(36)33-22-6-4-5-20(16-22)28(29,30)31/h4-14,16-17H,2-3,15,18H2,1H3,(H,33,36)(H,34,37)(H,35,38)/b32-17-. The van der Waals surface area contributed by atoms with E-state index in [1.54, 1.807) is 36.4 Å². The number of rotatable bonds is 11. The maximum atomic E-state index is 12.8. The molecule has 0 atom stereocenters. The summed E-state index contributed by atoms with van der Waals surface area (Å²) in [6, 6.07) is 17.1. The van der Waals surface area contributed by atoms with E-state index in [4.69, 9.17) is 9.47 Å². The zero-order valence-corrected chi connectivity index (χ0v) is 21.5. The van der Waals surface area contributed by atoms with Crippen molar-refractivity contribution in [2.24, 2.45) is 5.10 Å². The van der Waals surface area contributed by atoms with Gasteiger partial charge in [-0.2, -0.15) is 18.3 Å². The first-order valence-corrected chi connectivity index (χ1v) is 12.2. The molecule has 12 heteroatoms. The summed E-state index contributed by atoms with van der Waals surface area (Å²) in [5, 5.41) is 8.55. The van der Waals surface area contributed by atoms with Crippen molar-refractivity contribution in [2.45, 2.75) is 25.9 Å². The normalized spacial score (nSPS) is 11.1. The van der Waals surface area contributed by atoms with E-state index in [0.717, 1.165) is 25.0 Å². The van der Waals surface area contributed by atoms with Crippen LogP contribution in [0.2, 0.25) is 0 Å². The maximum Gasteiger partial charge on any atom is 0.416 e. The molecule has 40 heavy (non-hydrogen) atoms. The molecule has 0 aliphatic rings. The Morgan fingerprint density at radius 3 is 2.20 bits per heavy atom. The van der Waals surface area contributed by atoms with Gasteiger partial charge in [0.2, 0.25) is 0 Å². The van der Waals surface area contributed by atoms with Gasteiger partial charge in [0, 0.05) is 11.4 Å². The van der Waals surface area contributed by atoms with E-state index in [9.17, 15) is 27.6 Å². The summed E-state index contributed by atoms with van der Waals surface area (Å²) < 4.78 is 49.3. The predicted molar refractivity (Wildman–Crippen MR) is 143 cm³/mol. The second-order valence-corrected chi connectivity index (χ2v) is 8.36. The number of hydrazone groups is 1. The molecule has 3 N–H and O–H groups in total. The van der Waals surface area contributed by atoms with Crippen molar-refractivity contribution >= 4 is 35.3 Å². The van der Waals surface area contributed by atoms with Gasteiger partial charge in [0.15, 0.2) is 6.61 Å². The SMILES string of the molecule is CCCCOc1ccc(NC(=O)C(=O)N/N=C\c2ccc(OCC(=O)Nc3cccc(C(F)(F)F)c3)cc2)cc1. The van der Waals surface area contributed by atoms with Gasteiger partial charge < -0.3 is 20.1 Å². The highest BCUT2D eigenvalue weighted by Gasteiger charge is 2.30. The number of ether oxygens (including phenoxy) is 2. The molecule has 9 nitrogen and oxygen atoms in total. The molecule has 3 aromatic carbocycles. The number of hydrogen-bond acceptors (Lipinski definition) is 6. The Balaban J connectivity index is 1.41. The Morgan fingerprint density at radius 1 is 0.850 bits per heavy atom. The number of hydrogen-bond donors (Lipinski definition) is 3. The Bertz CT molecular complexity index is 1330. The number of alkyl halides is 3. The number of benzene rings is 3. The lowest BCUT2D eigenvalue weighted by atomic mass is 10.2. The highest BCUT2D eigenvalue weighted by atomic mass is 19.4. The molecule has 0 aromatic heterocycles. The summed E-state index contributed by atoms with van der Waals surface area (Å²) in [5.41, 5.74) is 2.23. The van der Waals surface area contributed by atoms with Crippen LogP contribution in [0.15, 0.2) is 77.9 Å². The van der Waals surface area contributed by atoms with Crippen LogP contribution in [0.4, 0.5) is 24.5 Å². The zero-order chi connectivity index (χ0) is 29.0. The summed E-state index contributed by atoms with van der Waals surface area (Å²) in [4.78, 5) is 36.1. The molecular formula is C28H27F3N4O5. The van der Waals surface area contributed by atoms with Crippen molar-refractivity contribution in [3.8, 4) is 11.5 Å². The third-order valence-corrected chi connectivity index (χ3v) is 5.19. The fourth-order valence-corrected chi connectivity index (χ4v) is 3.14.